The molecule has 2 saturated heterocycles. The van der Waals surface area contributed by atoms with Crippen molar-refractivity contribution in [2.24, 2.45) is 0 Å². The molecule has 0 bridgehead atoms. The maximum Gasteiger partial charge on any atom is 0.419 e. The van der Waals surface area contributed by atoms with Crippen LogP contribution in [0.1, 0.15) is 17.5 Å². The number of morpholine rings is 1. The second-order valence-electron chi connectivity index (χ2n) is 9.06. The molecule has 4 heterocycles. The minimum absolute atomic E-state index is 0.0845. The van der Waals surface area contributed by atoms with Gasteiger partial charge >= 0.3 is 6.18 Å². The number of carbonyl (C=O) groups excluding carboxylic acids is 1. The second-order valence-corrected chi connectivity index (χ2v) is 9.06. The van der Waals surface area contributed by atoms with Crippen molar-refractivity contribution < 1.29 is 22.7 Å². The van der Waals surface area contributed by atoms with Crippen molar-refractivity contribution in [1.29, 1.82) is 0 Å². The van der Waals surface area contributed by atoms with Crippen LogP contribution in [-0.2, 0) is 15.7 Å². The number of carbonyl (C=O) groups is 1. The molecule has 1 N–H and O–H groups in total. The molecule has 1 aromatic carbocycles. The summed E-state index contributed by atoms with van der Waals surface area (Å²) in [4.78, 5) is 38.4. The summed E-state index contributed by atoms with van der Waals surface area (Å²) in [7, 11) is 0. The summed E-state index contributed by atoms with van der Waals surface area (Å²) < 4.78 is 44.1. The summed E-state index contributed by atoms with van der Waals surface area (Å²) >= 11 is 0. The van der Waals surface area contributed by atoms with Crippen molar-refractivity contribution in [1.82, 2.24) is 25.1 Å². The number of anilines is 2. The van der Waals surface area contributed by atoms with Crippen LogP contribution in [0.4, 0.5) is 24.9 Å². The van der Waals surface area contributed by atoms with Crippen molar-refractivity contribution in [3.8, 4) is 12.3 Å². The van der Waals surface area contributed by atoms with Gasteiger partial charge in [-0.2, -0.15) is 18.3 Å². The lowest BCUT2D eigenvalue weighted by molar-refractivity contribution is -0.138. The van der Waals surface area contributed by atoms with Gasteiger partial charge in [-0.1, -0.05) is 5.92 Å². The topological polar surface area (TPSA) is 108 Å². The fourth-order valence-corrected chi connectivity index (χ4v) is 4.63. The van der Waals surface area contributed by atoms with E-state index in [9.17, 15) is 22.8 Å². The van der Waals surface area contributed by atoms with Gasteiger partial charge in [0.25, 0.3) is 5.56 Å². The molecule has 1 amide bonds. The third kappa shape index (κ3) is 5.26. The van der Waals surface area contributed by atoms with Crippen LogP contribution in [0.3, 0.4) is 0 Å². The molecular weight excluding hydrogens is 503 g/mol. The Morgan fingerprint density at radius 2 is 1.84 bits per heavy atom. The molecule has 2 aromatic heterocycles. The van der Waals surface area contributed by atoms with E-state index < -0.39 is 11.7 Å². The van der Waals surface area contributed by atoms with Crippen molar-refractivity contribution in [2.75, 3.05) is 55.7 Å². The number of aromatic nitrogens is 4. The Bertz CT molecular complexity index is 1430. The smallest absolute Gasteiger partial charge is 0.374 e. The molecule has 2 fully saturated rings. The molecule has 198 valence electrons. The number of alkyl halides is 3. The molecule has 1 atom stereocenters. The highest BCUT2D eigenvalue weighted by Crippen LogP contribution is 2.29. The Balaban J connectivity index is 1.20. The molecule has 2 aliphatic rings. The van der Waals surface area contributed by atoms with Crippen LogP contribution in [0.2, 0.25) is 0 Å². The maximum absolute atomic E-state index is 13.0. The van der Waals surface area contributed by atoms with Crippen LogP contribution in [0.25, 0.3) is 10.8 Å². The molecule has 0 saturated carbocycles. The van der Waals surface area contributed by atoms with Gasteiger partial charge in [-0.05, 0) is 18.2 Å². The largest absolute Gasteiger partial charge is 0.419 e. The van der Waals surface area contributed by atoms with Crippen LogP contribution in [-0.4, -0.2) is 83.0 Å². The number of fused-ring (bicyclic) bond motifs is 1. The van der Waals surface area contributed by atoms with Gasteiger partial charge in [0.1, 0.15) is 0 Å². The number of benzene rings is 1. The van der Waals surface area contributed by atoms with E-state index in [4.69, 9.17) is 11.2 Å². The number of nitrogens with zero attached hydrogens (tertiary/aromatic N) is 6. The molecule has 5 rings (SSSR count). The number of aromatic amines is 1. The number of hydrogen-bond acceptors (Lipinski definition) is 8. The Kier molecular flexibility index (Phi) is 6.90. The predicted molar refractivity (Wildman–Crippen MR) is 133 cm³/mol. The Hall–Kier alpha value is -4.18. The minimum Gasteiger partial charge on any atom is -0.374 e. The lowest BCUT2D eigenvalue weighted by Gasteiger charge is -2.37. The maximum atomic E-state index is 13.0. The van der Waals surface area contributed by atoms with Crippen LogP contribution in [0.15, 0.2) is 35.4 Å². The van der Waals surface area contributed by atoms with Crippen molar-refractivity contribution in [3.05, 3.63) is 52.1 Å². The van der Waals surface area contributed by atoms with Gasteiger partial charge in [0.05, 0.1) is 30.1 Å². The molecule has 3 aromatic rings. The Morgan fingerprint density at radius 3 is 2.53 bits per heavy atom. The van der Waals surface area contributed by atoms with Crippen LogP contribution in [0.5, 0.6) is 0 Å². The predicted octanol–water partition coefficient (Wildman–Crippen LogP) is 1.66. The van der Waals surface area contributed by atoms with E-state index in [1.807, 2.05) is 4.90 Å². The van der Waals surface area contributed by atoms with E-state index in [0.717, 1.165) is 12.4 Å². The van der Waals surface area contributed by atoms with E-state index in [2.05, 4.69) is 26.1 Å². The first-order valence-electron chi connectivity index (χ1n) is 12.0. The van der Waals surface area contributed by atoms with Crippen LogP contribution >= 0.6 is 0 Å². The van der Waals surface area contributed by atoms with E-state index in [-0.39, 0.29) is 29.9 Å². The number of rotatable bonds is 4. The number of piperazine rings is 1. The normalized spacial score (nSPS) is 18.5. The highest BCUT2D eigenvalue weighted by atomic mass is 19.4. The lowest BCUT2D eigenvalue weighted by atomic mass is 10.1. The zero-order valence-electron chi connectivity index (χ0n) is 20.2. The molecule has 13 heteroatoms. The highest BCUT2D eigenvalue weighted by Gasteiger charge is 2.32. The molecule has 10 nitrogen and oxygen atoms in total. The monoisotopic (exact) mass is 527 g/mol. The molecule has 0 radical (unpaired) electrons. The molecule has 2 aliphatic heterocycles. The summed E-state index contributed by atoms with van der Waals surface area (Å²) in [5.74, 6) is 3.26. The summed E-state index contributed by atoms with van der Waals surface area (Å²) in [6, 6.07) is 5.12. The van der Waals surface area contributed by atoms with Gasteiger partial charge in [0, 0.05) is 62.6 Å². The summed E-state index contributed by atoms with van der Waals surface area (Å²) in [6.45, 7) is 2.90. The number of ether oxygens (including phenoxy) is 1. The zero-order chi connectivity index (χ0) is 26.9. The fourth-order valence-electron chi connectivity index (χ4n) is 4.63. The first kappa shape index (κ1) is 25.5. The van der Waals surface area contributed by atoms with Gasteiger partial charge in [0.2, 0.25) is 11.9 Å². The van der Waals surface area contributed by atoms with Crippen molar-refractivity contribution in [2.45, 2.75) is 18.7 Å². The van der Waals surface area contributed by atoms with Gasteiger partial charge in [-0.25, -0.2) is 15.1 Å². The molecule has 0 aliphatic carbocycles. The molecule has 38 heavy (non-hydrogen) atoms. The first-order chi connectivity index (χ1) is 18.2. The third-order valence-corrected chi connectivity index (χ3v) is 6.66. The van der Waals surface area contributed by atoms with Crippen molar-refractivity contribution >= 4 is 28.4 Å². The molecule has 0 spiro atoms. The molecule has 0 unspecified atom stereocenters. The van der Waals surface area contributed by atoms with Crippen LogP contribution < -0.4 is 15.4 Å². The molecular formula is C25H24F3N7O3. The minimum atomic E-state index is -4.49. The van der Waals surface area contributed by atoms with Crippen LogP contribution in [0, 0.1) is 12.3 Å². The average Bonchev–Trinajstić information content (AvgIpc) is 2.93. The third-order valence-electron chi connectivity index (χ3n) is 6.66. The van der Waals surface area contributed by atoms with E-state index >= 15 is 0 Å². The quantitative estimate of drug-likeness (QED) is 0.511. The zero-order valence-corrected chi connectivity index (χ0v) is 20.2. The number of terminal acetylenes is 1. The standard InChI is InChI=1S/C25H24F3N7O3/c1-2-16-3-4-19-20(11-16)22(31-32-23(19)37)35-9-10-38-18(15-35)12-21(36)33-5-7-34(8-6-33)24-29-13-17(14-30-24)25(26,27)28/h1,3-4,11,13-14,18H,5-10,12,15H2,(H,32,37)/t18-/m0/s1. The number of hydrogen-bond donors (Lipinski definition) is 1. The first-order valence-corrected chi connectivity index (χ1v) is 12.0. The number of H-pyrrole nitrogens is 1. The number of amides is 1. The van der Waals surface area contributed by atoms with Gasteiger partial charge in [-0.3, -0.25) is 9.59 Å². The number of nitrogens with one attached hydrogen (secondary N) is 1. The summed E-state index contributed by atoms with van der Waals surface area (Å²) in [5, 5.41) is 7.89. The van der Waals surface area contributed by atoms with E-state index in [1.54, 1.807) is 28.0 Å². The fraction of sp³-hybridized carbons (Fsp3) is 0.400. The second kappa shape index (κ2) is 10.3. The summed E-state index contributed by atoms with van der Waals surface area (Å²) in [6.07, 6.45) is 2.34. The van der Waals surface area contributed by atoms with E-state index in [1.165, 1.54) is 0 Å². The Morgan fingerprint density at radius 1 is 1.11 bits per heavy atom. The Labute approximate surface area is 215 Å². The SMILES string of the molecule is C#Cc1ccc2c(=O)[nH]nc(N3CCO[C@@H](CC(=O)N4CCN(c5ncc(C(F)(F)F)cn5)CC4)C3)c2c1. The van der Waals surface area contributed by atoms with E-state index in [0.29, 0.717) is 68.0 Å². The van der Waals surface area contributed by atoms with Gasteiger partial charge in [0.15, 0.2) is 5.82 Å². The van der Waals surface area contributed by atoms with Gasteiger partial charge in [-0.15, -0.1) is 6.42 Å². The summed E-state index contributed by atoms with van der Waals surface area (Å²) in [5.41, 5.74) is -0.585. The highest BCUT2D eigenvalue weighted by molar-refractivity contribution is 5.92. The average molecular weight is 528 g/mol. The number of halogens is 3. The van der Waals surface area contributed by atoms with Gasteiger partial charge < -0.3 is 19.4 Å². The van der Waals surface area contributed by atoms with Crippen molar-refractivity contribution in [3.63, 3.8) is 0 Å². The lowest BCUT2D eigenvalue weighted by Crippen LogP contribution is -2.51.